The lowest BCUT2D eigenvalue weighted by atomic mass is 10.0. The van der Waals surface area contributed by atoms with Gasteiger partial charge in [-0.25, -0.2) is 4.79 Å². The highest BCUT2D eigenvalue weighted by atomic mass is 32.2. The molecule has 0 spiro atoms. The SMILES string of the molecule is CC1CCCN(S(=O)(=O)Nc2ccsc2C(=O)O)C1. The van der Waals surface area contributed by atoms with E-state index in [1.807, 2.05) is 6.92 Å². The lowest BCUT2D eigenvalue weighted by molar-refractivity contribution is 0.0703. The summed E-state index contributed by atoms with van der Waals surface area (Å²) >= 11 is 1.00. The molecule has 2 rings (SSSR count). The molecule has 1 saturated heterocycles. The Bertz CT molecular complexity index is 567. The molecule has 106 valence electrons. The minimum Gasteiger partial charge on any atom is -0.477 e. The Hall–Kier alpha value is -1.12. The van der Waals surface area contributed by atoms with E-state index in [1.165, 1.54) is 10.4 Å². The minimum absolute atomic E-state index is 0.00799. The van der Waals surface area contributed by atoms with Gasteiger partial charge in [-0.1, -0.05) is 6.92 Å². The highest BCUT2D eigenvalue weighted by Gasteiger charge is 2.28. The summed E-state index contributed by atoms with van der Waals surface area (Å²) in [5.74, 6) is -0.800. The standard InChI is InChI=1S/C11H16N2O4S2/c1-8-3-2-5-13(7-8)19(16,17)12-9-4-6-18-10(9)11(14)15/h4,6,8,12H,2-3,5,7H2,1H3,(H,14,15). The van der Waals surface area contributed by atoms with Crippen LogP contribution in [0.1, 0.15) is 29.4 Å². The third-order valence-corrected chi connectivity index (χ3v) is 5.45. The summed E-state index contributed by atoms with van der Waals surface area (Å²) < 4.78 is 28.1. The predicted octanol–water partition coefficient (Wildman–Crippen LogP) is 1.83. The second-order valence-electron chi connectivity index (χ2n) is 4.68. The van der Waals surface area contributed by atoms with Crippen LogP contribution in [-0.2, 0) is 10.2 Å². The number of carbonyl (C=O) groups is 1. The molecule has 1 atom stereocenters. The number of aromatic carboxylic acids is 1. The number of rotatable bonds is 4. The van der Waals surface area contributed by atoms with Crippen LogP contribution in [0, 0.1) is 5.92 Å². The van der Waals surface area contributed by atoms with Crippen LogP contribution in [0.2, 0.25) is 0 Å². The van der Waals surface area contributed by atoms with E-state index in [9.17, 15) is 13.2 Å². The third-order valence-electron chi connectivity index (χ3n) is 3.06. The van der Waals surface area contributed by atoms with Gasteiger partial charge in [-0.05, 0) is 30.2 Å². The molecule has 0 amide bonds. The van der Waals surface area contributed by atoms with Gasteiger partial charge >= 0.3 is 16.2 Å². The van der Waals surface area contributed by atoms with Crippen molar-refractivity contribution in [2.24, 2.45) is 5.92 Å². The Kier molecular flexibility index (Phi) is 4.12. The lowest BCUT2D eigenvalue weighted by Crippen LogP contribution is -2.42. The fourth-order valence-electron chi connectivity index (χ4n) is 2.12. The van der Waals surface area contributed by atoms with Crippen molar-refractivity contribution in [2.45, 2.75) is 19.8 Å². The second kappa shape index (κ2) is 5.48. The van der Waals surface area contributed by atoms with E-state index in [1.54, 1.807) is 5.38 Å². The van der Waals surface area contributed by atoms with Crippen molar-refractivity contribution in [1.82, 2.24) is 4.31 Å². The summed E-state index contributed by atoms with van der Waals surface area (Å²) in [6.45, 7) is 2.96. The number of carboxylic acid groups (broad SMARTS) is 1. The van der Waals surface area contributed by atoms with Gasteiger partial charge in [0.25, 0.3) is 0 Å². The number of thiophene rings is 1. The summed E-state index contributed by atoms with van der Waals surface area (Å²) in [7, 11) is -3.67. The molecule has 0 radical (unpaired) electrons. The van der Waals surface area contributed by atoms with Gasteiger partial charge in [0, 0.05) is 13.1 Å². The molecular weight excluding hydrogens is 288 g/mol. The van der Waals surface area contributed by atoms with E-state index in [0.717, 1.165) is 24.2 Å². The second-order valence-corrected chi connectivity index (χ2v) is 7.27. The molecule has 1 aliphatic rings. The van der Waals surface area contributed by atoms with Crippen molar-refractivity contribution in [3.8, 4) is 0 Å². The summed E-state index contributed by atoms with van der Waals surface area (Å²) in [5, 5.41) is 10.5. The molecular formula is C11H16N2O4S2. The zero-order valence-electron chi connectivity index (χ0n) is 10.5. The van der Waals surface area contributed by atoms with Crippen LogP contribution in [0.25, 0.3) is 0 Å². The molecule has 2 heterocycles. The number of nitrogens with one attached hydrogen (secondary N) is 1. The van der Waals surface area contributed by atoms with E-state index in [-0.39, 0.29) is 10.6 Å². The van der Waals surface area contributed by atoms with Crippen molar-refractivity contribution >= 4 is 33.2 Å². The molecule has 1 aromatic heterocycles. The number of hydrogen-bond donors (Lipinski definition) is 2. The summed E-state index contributed by atoms with van der Waals surface area (Å²) in [5.41, 5.74) is 0.135. The van der Waals surface area contributed by atoms with Crippen LogP contribution in [0.5, 0.6) is 0 Å². The first kappa shape index (κ1) is 14.3. The number of nitrogens with zero attached hydrogens (tertiary/aromatic N) is 1. The Balaban J connectivity index is 2.16. The van der Waals surface area contributed by atoms with E-state index >= 15 is 0 Å². The van der Waals surface area contributed by atoms with Crippen molar-refractivity contribution < 1.29 is 18.3 Å². The molecule has 8 heteroatoms. The maximum absolute atomic E-state index is 12.2. The number of hydrogen-bond acceptors (Lipinski definition) is 4. The van der Waals surface area contributed by atoms with Gasteiger partial charge in [-0.15, -0.1) is 11.3 Å². The maximum Gasteiger partial charge on any atom is 0.348 e. The highest BCUT2D eigenvalue weighted by molar-refractivity contribution is 7.90. The fraction of sp³-hybridized carbons (Fsp3) is 0.545. The largest absolute Gasteiger partial charge is 0.477 e. The summed E-state index contributed by atoms with van der Waals surface area (Å²) in [6.07, 6.45) is 1.85. The van der Waals surface area contributed by atoms with Gasteiger partial charge in [-0.3, -0.25) is 4.72 Å². The molecule has 19 heavy (non-hydrogen) atoms. The van der Waals surface area contributed by atoms with E-state index in [0.29, 0.717) is 19.0 Å². The van der Waals surface area contributed by atoms with Gasteiger partial charge in [-0.2, -0.15) is 12.7 Å². The van der Waals surface area contributed by atoms with Crippen LogP contribution in [0.15, 0.2) is 11.4 Å². The first-order chi connectivity index (χ1) is 8.90. The van der Waals surface area contributed by atoms with Crippen LogP contribution in [0.4, 0.5) is 5.69 Å². The molecule has 1 aliphatic heterocycles. The van der Waals surface area contributed by atoms with Crippen LogP contribution in [0.3, 0.4) is 0 Å². The minimum atomic E-state index is -3.67. The smallest absolute Gasteiger partial charge is 0.348 e. The molecule has 0 saturated carbocycles. The quantitative estimate of drug-likeness (QED) is 0.888. The molecule has 1 unspecified atom stereocenters. The normalized spacial score (nSPS) is 21.2. The average molecular weight is 304 g/mol. The topological polar surface area (TPSA) is 86.7 Å². The summed E-state index contributed by atoms with van der Waals surface area (Å²) in [6, 6.07) is 1.47. The highest BCUT2D eigenvalue weighted by Crippen LogP contribution is 2.25. The van der Waals surface area contributed by atoms with Crippen molar-refractivity contribution in [1.29, 1.82) is 0 Å². The van der Waals surface area contributed by atoms with Crippen LogP contribution < -0.4 is 4.72 Å². The average Bonchev–Trinajstić information content (AvgIpc) is 2.76. The fourth-order valence-corrected chi connectivity index (χ4v) is 4.27. The zero-order valence-corrected chi connectivity index (χ0v) is 12.1. The Morgan fingerprint density at radius 2 is 2.32 bits per heavy atom. The zero-order chi connectivity index (χ0) is 14.0. The number of carboxylic acids is 1. The Morgan fingerprint density at radius 1 is 1.58 bits per heavy atom. The van der Waals surface area contributed by atoms with Crippen molar-refractivity contribution in [2.75, 3.05) is 17.8 Å². The first-order valence-corrected chi connectivity index (χ1v) is 8.31. The predicted molar refractivity (Wildman–Crippen MR) is 73.8 cm³/mol. The Morgan fingerprint density at radius 3 is 2.95 bits per heavy atom. The molecule has 6 nitrogen and oxygen atoms in total. The number of piperidine rings is 1. The van der Waals surface area contributed by atoms with E-state index < -0.39 is 16.2 Å². The number of anilines is 1. The van der Waals surface area contributed by atoms with Crippen molar-refractivity contribution in [3.63, 3.8) is 0 Å². The van der Waals surface area contributed by atoms with Crippen LogP contribution in [-0.4, -0.2) is 36.9 Å². The van der Waals surface area contributed by atoms with Gasteiger partial charge < -0.3 is 5.11 Å². The van der Waals surface area contributed by atoms with Gasteiger partial charge in [0.15, 0.2) is 0 Å². The third kappa shape index (κ3) is 3.26. The van der Waals surface area contributed by atoms with Gasteiger partial charge in [0.1, 0.15) is 4.88 Å². The molecule has 0 aromatic carbocycles. The molecule has 1 aromatic rings. The summed E-state index contributed by atoms with van der Waals surface area (Å²) in [4.78, 5) is 11.0. The van der Waals surface area contributed by atoms with E-state index in [4.69, 9.17) is 5.11 Å². The maximum atomic E-state index is 12.2. The van der Waals surface area contributed by atoms with Crippen molar-refractivity contribution in [3.05, 3.63) is 16.3 Å². The van der Waals surface area contributed by atoms with Gasteiger partial charge in [0.05, 0.1) is 5.69 Å². The molecule has 0 bridgehead atoms. The van der Waals surface area contributed by atoms with E-state index in [2.05, 4.69) is 4.72 Å². The van der Waals surface area contributed by atoms with Gasteiger partial charge in [0.2, 0.25) is 0 Å². The first-order valence-electron chi connectivity index (χ1n) is 5.99. The monoisotopic (exact) mass is 304 g/mol. The Labute approximate surface area is 116 Å². The molecule has 0 aliphatic carbocycles. The van der Waals surface area contributed by atoms with Crippen LogP contribution >= 0.6 is 11.3 Å². The molecule has 1 fully saturated rings. The lowest BCUT2D eigenvalue weighted by Gasteiger charge is -2.30. The molecule has 2 N–H and O–H groups in total.